The average molecular weight is 680 g/mol. The molecule has 0 fully saturated rings. The Labute approximate surface area is 310 Å². The van der Waals surface area contributed by atoms with Crippen LogP contribution < -0.4 is 4.90 Å². The first kappa shape index (κ1) is 31.1. The molecule has 0 aliphatic heterocycles. The van der Waals surface area contributed by atoms with Gasteiger partial charge in [0.2, 0.25) is 0 Å². The average Bonchev–Trinajstić information content (AvgIpc) is 3.72. The monoisotopic (exact) mass is 679 g/mol. The van der Waals surface area contributed by atoms with Crippen LogP contribution in [0.25, 0.3) is 66.4 Å². The summed E-state index contributed by atoms with van der Waals surface area (Å²) in [4.78, 5) is 2.45. The number of benzene rings is 8. The second kappa shape index (κ2) is 12.3. The molecule has 0 radical (unpaired) electrons. The van der Waals surface area contributed by atoms with Crippen LogP contribution in [0.1, 0.15) is 25.0 Å². The highest BCUT2D eigenvalue weighted by Gasteiger charge is 2.38. The van der Waals surface area contributed by atoms with E-state index in [1.807, 2.05) is 0 Å². The Bertz CT molecular complexity index is 2800. The summed E-state index contributed by atoms with van der Waals surface area (Å²) in [6, 6.07) is 67.7. The van der Waals surface area contributed by atoms with Crippen molar-refractivity contribution in [1.82, 2.24) is 0 Å². The summed E-state index contributed by atoms with van der Waals surface area (Å²) in [5.41, 5.74) is 17.2. The fraction of sp³-hybridized carbons (Fsp3) is 0.0588. The van der Waals surface area contributed by atoms with Gasteiger partial charge in [0.1, 0.15) is 11.2 Å². The maximum absolute atomic E-state index is 6.81. The molecule has 1 aliphatic carbocycles. The van der Waals surface area contributed by atoms with E-state index >= 15 is 0 Å². The van der Waals surface area contributed by atoms with Crippen LogP contribution in [0.5, 0.6) is 0 Å². The number of rotatable bonds is 6. The molecule has 0 spiro atoms. The highest BCUT2D eigenvalue weighted by Crippen LogP contribution is 2.55. The number of nitrogens with zero attached hydrogens (tertiary/aromatic N) is 1. The molecule has 0 unspecified atom stereocenters. The largest absolute Gasteiger partial charge is 0.455 e. The summed E-state index contributed by atoms with van der Waals surface area (Å²) in [5, 5.41) is 2.19. The van der Waals surface area contributed by atoms with Crippen molar-refractivity contribution in [2.45, 2.75) is 19.3 Å². The summed E-state index contributed by atoms with van der Waals surface area (Å²) >= 11 is 0. The lowest BCUT2D eigenvalue weighted by atomic mass is 9.81. The Morgan fingerprint density at radius 2 is 1.04 bits per heavy atom. The van der Waals surface area contributed by atoms with Gasteiger partial charge in [-0.1, -0.05) is 166 Å². The van der Waals surface area contributed by atoms with Crippen molar-refractivity contribution in [2.24, 2.45) is 0 Å². The first-order valence-electron chi connectivity index (χ1n) is 18.4. The highest BCUT2D eigenvalue weighted by atomic mass is 16.3. The van der Waals surface area contributed by atoms with E-state index in [1.165, 1.54) is 44.5 Å². The van der Waals surface area contributed by atoms with E-state index in [9.17, 15) is 0 Å². The van der Waals surface area contributed by atoms with Gasteiger partial charge in [-0.2, -0.15) is 0 Å². The molecule has 0 bridgehead atoms. The van der Waals surface area contributed by atoms with Gasteiger partial charge in [0.05, 0.1) is 11.1 Å². The van der Waals surface area contributed by atoms with Crippen LogP contribution >= 0.6 is 0 Å². The van der Waals surface area contributed by atoms with E-state index in [-0.39, 0.29) is 5.41 Å². The quantitative estimate of drug-likeness (QED) is 0.174. The van der Waals surface area contributed by atoms with E-state index in [1.54, 1.807) is 0 Å². The van der Waals surface area contributed by atoms with Crippen LogP contribution in [-0.4, -0.2) is 0 Å². The van der Waals surface area contributed by atoms with Gasteiger partial charge in [0, 0.05) is 27.7 Å². The Balaban J connectivity index is 1.29. The first-order valence-corrected chi connectivity index (χ1v) is 18.4. The molecule has 0 saturated carbocycles. The normalized spacial score (nSPS) is 12.9. The molecule has 2 heteroatoms. The topological polar surface area (TPSA) is 16.4 Å². The predicted octanol–water partition coefficient (Wildman–Crippen LogP) is 14.4. The minimum absolute atomic E-state index is 0.193. The predicted molar refractivity (Wildman–Crippen MR) is 222 cm³/mol. The third-order valence-electron chi connectivity index (χ3n) is 11.0. The molecule has 0 atom stereocenters. The van der Waals surface area contributed by atoms with Crippen LogP contribution in [0, 0.1) is 0 Å². The fourth-order valence-corrected chi connectivity index (χ4v) is 8.52. The van der Waals surface area contributed by atoms with Gasteiger partial charge < -0.3 is 9.32 Å². The maximum atomic E-state index is 6.81. The summed E-state index contributed by atoms with van der Waals surface area (Å²) in [6.45, 7) is 4.73. The van der Waals surface area contributed by atoms with Crippen LogP contribution in [0.4, 0.5) is 17.1 Å². The first-order chi connectivity index (χ1) is 26.1. The molecule has 1 aromatic heterocycles. The Morgan fingerprint density at radius 3 is 1.79 bits per heavy atom. The molecule has 0 amide bonds. The number of para-hydroxylation sites is 1. The lowest BCUT2D eigenvalue weighted by Gasteiger charge is -2.30. The molecule has 1 aliphatic rings. The van der Waals surface area contributed by atoms with Crippen molar-refractivity contribution in [3.8, 4) is 44.5 Å². The van der Waals surface area contributed by atoms with E-state index in [0.717, 1.165) is 50.1 Å². The van der Waals surface area contributed by atoms with Crippen molar-refractivity contribution in [1.29, 1.82) is 0 Å². The van der Waals surface area contributed by atoms with Gasteiger partial charge >= 0.3 is 0 Å². The van der Waals surface area contributed by atoms with Crippen LogP contribution in [0.15, 0.2) is 192 Å². The highest BCUT2D eigenvalue weighted by molar-refractivity contribution is 6.16. The number of hydrogen-bond donors (Lipinski definition) is 0. The minimum Gasteiger partial charge on any atom is -0.455 e. The molecule has 1 heterocycles. The lowest BCUT2D eigenvalue weighted by Crippen LogP contribution is -2.17. The summed E-state index contributed by atoms with van der Waals surface area (Å²) in [5.74, 6) is 0. The van der Waals surface area contributed by atoms with Crippen molar-refractivity contribution in [3.05, 3.63) is 199 Å². The SMILES string of the molecule is CC1(C)c2ccccc2-c2c(-c3ccccc3)cc(N(c3cccc(-c4ccccc4)c3)c3cccc4oc5c(-c6ccccc6)cccc5c34)cc21. The zero-order valence-corrected chi connectivity index (χ0v) is 29.8. The molecule has 252 valence electrons. The molecule has 8 aromatic carbocycles. The van der Waals surface area contributed by atoms with Crippen LogP contribution in [0.2, 0.25) is 0 Å². The standard InChI is InChI=1S/C51H37NO/c1-51(2)44-28-13-12-25-41(44)48-43(36-21-10-5-11-22-36)32-39(33-45(48)51)52(38-24-14-23-37(31-38)34-17-6-3-7-18-34)46-29-16-30-47-49(46)42-27-15-26-40(50(42)53-47)35-19-8-4-9-20-35/h3-33H,1-2H3. The third-order valence-corrected chi connectivity index (χ3v) is 11.0. The molecular formula is C51H37NO. The van der Waals surface area contributed by atoms with Crippen molar-refractivity contribution in [3.63, 3.8) is 0 Å². The van der Waals surface area contributed by atoms with Gasteiger partial charge in [-0.3, -0.25) is 0 Å². The molecule has 2 nitrogen and oxygen atoms in total. The molecule has 53 heavy (non-hydrogen) atoms. The van der Waals surface area contributed by atoms with Gasteiger partial charge in [-0.05, 0) is 86.5 Å². The number of furan rings is 1. The number of anilines is 3. The Kier molecular flexibility index (Phi) is 7.19. The van der Waals surface area contributed by atoms with Gasteiger partial charge in [0.25, 0.3) is 0 Å². The third kappa shape index (κ3) is 5.02. The molecule has 0 saturated heterocycles. The molecule has 0 N–H and O–H groups in total. The zero-order valence-electron chi connectivity index (χ0n) is 29.8. The van der Waals surface area contributed by atoms with Crippen LogP contribution in [-0.2, 0) is 5.41 Å². The van der Waals surface area contributed by atoms with Crippen molar-refractivity contribution in [2.75, 3.05) is 4.90 Å². The number of fused-ring (bicyclic) bond motifs is 6. The van der Waals surface area contributed by atoms with E-state index in [2.05, 4.69) is 207 Å². The Hall–Kier alpha value is -6.64. The minimum atomic E-state index is -0.193. The molecular weight excluding hydrogens is 643 g/mol. The van der Waals surface area contributed by atoms with Crippen molar-refractivity contribution >= 4 is 39.0 Å². The molecule has 9 aromatic rings. The van der Waals surface area contributed by atoms with Gasteiger partial charge in [-0.25, -0.2) is 0 Å². The molecule has 10 rings (SSSR count). The zero-order chi connectivity index (χ0) is 35.5. The maximum Gasteiger partial charge on any atom is 0.143 e. The van der Waals surface area contributed by atoms with Gasteiger partial charge in [0.15, 0.2) is 0 Å². The summed E-state index contributed by atoms with van der Waals surface area (Å²) in [7, 11) is 0. The number of hydrogen-bond acceptors (Lipinski definition) is 2. The second-order valence-corrected chi connectivity index (χ2v) is 14.5. The summed E-state index contributed by atoms with van der Waals surface area (Å²) < 4.78 is 6.81. The summed E-state index contributed by atoms with van der Waals surface area (Å²) in [6.07, 6.45) is 0. The van der Waals surface area contributed by atoms with E-state index in [4.69, 9.17) is 4.42 Å². The van der Waals surface area contributed by atoms with Crippen molar-refractivity contribution < 1.29 is 4.42 Å². The van der Waals surface area contributed by atoms with E-state index < -0.39 is 0 Å². The van der Waals surface area contributed by atoms with Crippen LogP contribution in [0.3, 0.4) is 0 Å². The lowest BCUT2D eigenvalue weighted by molar-refractivity contribution is 0.660. The smallest absolute Gasteiger partial charge is 0.143 e. The fourth-order valence-electron chi connectivity index (χ4n) is 8.52. The second-order valence-electron chi connectivity index (χ2n) is 14.5. The van der Waals surface area contributed by atoms with Gasteiger partial charge in [-0.15, -0.1) is 0 Å². The van der Waals surface area contributed by atoms with E-state index in [0.29, 0.717) is 0 Å². The Morgan fingerprint density at radius 1 is 0.434 bits per heavy atom.